The van der Waals surface area contributed by atoms with Crippen LogP contribution in [0.15, 0.2) is 18.3 Å². The smallest absolute Gasteiger partial charge is 0.126 e. The van der Waals surface area contributed by atoms with Gasteiger partial charge in [-0.25, -0.2) is 4.98 Å². The van der Waals surface area contributed by atoms with Gasteiger partial charge in [-0.2, -0.15) is 0 Å². The van der Waals surface area contributed by atoms with E-state index in [9.17, 15) is 0 Å². The molecule has 118 valence electrons. The molecule has 1 saturated carbocycles. The first kappa shape index (κ1) is 16.2. The van der Waals surface area contributed by atoms with Crippen LogP contribution in [-0.2, 0) is 11.2 Å². The highest BCUT2D eigenvalue weighted by molar-refractivity contribution is 5.39. The molecule has 0 spiro atoms. The molecule has 2 rings (SSSR count). The average molecular weight is 291 g/mol. The van der Waals surface area contributed by atoms with Crippen LogP contribution in [0.25, 0.3) is 0 Å². The lowest BCUT2D eigenvalue weighted by Crippen LogP contribution is -2.55. The molecule has 21 heavy (non-hydrogen) atoms. The Kier molecular flexibility index (Phi) is 6.00. The van der Waals surface area contributed by atoms with Crippen molar-refractivity contribution in [3.8, 4) is 0 Å². The number of rotatable bonds is 7. The summed E-state index contributed by atoms with van der Waals surface area (Å²) in [6.07, 6.45) is 8.74. The van der Waals surface area contributed by atoms with E-state index >= 15 is 0 Å². The van der Waals surface area contributed by atoms with Gasteiger partial charge in [-0.05, 0) is 44.4 Å². The standard InChI is InChI=1S/C17H29N3O/c1-3-19-15(13-14-9-8-12-20-16(14)18)17(21-4-2)10-6-5-7-11-17/h8-9,12,15,19H,3-7,10-11,13H2,1-2H3,(H2,18,20). The van der Waals surface area contributed by atoms with Crippen LogP contribution in [0.1, 0.15) is 51.5 Å². The number of nitrogen functional groups attached to an aromatic ring is 1. The van der Waals surface area contributed by atoms with E-state index in [-0.39, 0.29) is 5.60 Å². The van der Waals surface area contributed by atoms with Gasteiger partial charge in [-0.15, -0.1) is 0 Å². The van der Waals surface area contributed by atoms with Crippen LogP contribution >= 0.6 is 0 Å². The zero-order valence-corrected chi connectivity index (χ0v) is 13.4. The number of nitrogens with zero attached hydrogens (tertiary/aromatic N) is 1. The van der Waals surface area contributed by atoms with Gasteiger partial charge in [-0.3, -0.25) is 0 Å². The van der Waals surface area contributed by atoms with Crippen LogP contribution in [0.3, 0.4) is 0 Å². The van der Waals surface area contributed by atoms with Gasteiger partial charge >= 0.3 is 0 Å². The molecule has 0 bridgehead atoms. The molecule has 1 fully saturated rings. The van der Waals surface area contributed by atoms with Crippen molar-refractivity contribution in [1.82, 2.24) is 10.3 Å². The molecule has 0 radical (unpaired) electrons. The Balaban J connectivity index is 2.21. The van der Waals surface area contributed by atoms with Gasteiger partial charge in [0.2, 0.25) is 0 Å². The Hall–Kier alpha value is -1.13. The van der Waals surface area contributed by atoms with Crippen LogP contribution in [0.5, 0.6) is 0 Å². The number of ether oxygens (including phenoxy) is 1. The number of aromatic nitrogens is 1. The average Bonchev–Trinajstić information content (AvgIpc) is 2.50. The zero-order chi connectivity index (χ0) is 15.1. The second-order valence-electron chi connectivity index (χ2n) is 5.92. The lowest BCUT2D eigenvalue weighted by molar-refractivity contribution is -0.0894. The topological polar surface area (TPSA) is 60.2 Å². The minimum absolute atomic E-state index is 0.0503. The maximum absolute atomic E-state index is 6.27. The number of likely N-dealkylation sites (N-methyl/N-ethyl adjacent to an activating group) is 1. The van der Waals surface area contributed by atoms with Gasteiger partial charge in [-0.1, -0.05) is 32.3 Å². The summed E-state index contributed by atoms with van der Waals surface area (Å²) >= 11 is 0. The van der Waals surface area contributed by atoms with Gasteiger partial charge in [0.25, 0.3) is 0 Å². The minimum Gasteiger partial charge on any atom is -0.383 e. The van der Waals surface area contributed by atoms with Crippen molar-refractivity contribution in [2.24, 2.45) is 0 Å². The van der Waals surface area contributed by atoms with E-state index in [0.29, 0.717) is 11.9 Å². The van der Waals surface area contributed by atoms with E-state index in [1.54, 1.807) is 6.20 Å². The van der Waals surface area contributed by atoms with E-state index < -0.39 is 0 Å². The van der Waals surface area contributed by atoms with Crippen LogP contribution in [0.2, 0.25) is 0 Å². The number of hydrogen-bond donors (Lipinski definition) is 2. The number of pyridine rings is 1. The Bertz CT molecular complexity index is 424. The van der Waals surface area contributed by atoms with Crippen molar-refractivity contribution in [2.75, 3.05) is 18.9 Å². The number of nitrogens with two attached hydrogens (primary N) is 1. The van der Waals surface area contributed by atoms with Crippen molar-refractivity contribution in [2.45, 2.75) is 64.0 Å². The molecule has 1 aromatic rings. The first-order valence-electron chi connectivity index (χ1n) is 8.28. The summed E-state index contributed by atoms with van der Waals surface area (Å²) in [7, 11) is 0. The molecule has 3 N–H and O–H groups in total. The molecule has 1 aliphatic rings. The maximum Gasteiger partial charge on any atom is 0.126 e. The highest BCUT2D eigenvalue weighted by Crippen LogP contribution is 2.36. The molecule has 1 aromatic heterocycles. The molecular weight excluding hydrogens is 262 g/mol. The number of nitrogens with one attached hydrogen (secondary N) is 1. The van der Waals surface area contributed by atoms with Gasteiger partial charge < -0.3 is 15.8 Å². The van der Waals surface area contributed by atoms with Crippen molar-refractivity contribution in [3.05, 3.63) is 23.9 Å². The Morgan fingerprint density at radius 2 is 2.10 bits per heavy atom. The predicted octanol–water partition coefficient (Wildman–Crippen LogP) is 2.92. The lowest BCUT2D eigenvalue weighted by Gasteiger charge is -2.44. The predicted molar refractivity (Wildman–Crippen MR) is 87.3 cm³/mol. The van der Waals surface area contributed by atoms with Crippen molar-refractivity contribution in [3.63, 3.8) is 0 Å². The summed E-state index contributed by atoms with van der Waals surface area (Å²) in [5, 5.41) is 3.65. The normalized spacial score (nSPS) is 19.3. The van der Waals surface area contributed by atoms with Crippen molar-refractivity contribution >= 4 is 5.82 Å². The van der Waals surface area contributed by atoms with E-state index in [4.69, 9.17) is 10.5 Å². The molecule has 0 aliphatic heterocycles. The van der Waals surface area contributed by atoms with E-state index in [1.807, 2.05) is 6.07 Å². The van der Waals surface area contributed by atoms with Gasteiger partial charge in [0.05, 0.1) is 5.60 Å². The molecule has 4 nitrogen and oxygen atoms in total. The van der Waals surface area contributed by atoms with Crippen LogP contribution < -0.4 is 11.1 Å². The molecule has 4 heteroatoms. The first-order valence-corrected chi connectivity index (χ1v) is 8.28. The number of hydrogen-bond acceptors (Lipinski definition) is 4. The molecular formula is C17H29N3O. The molecule has 0 saturated heterocycles. The first-order chi connectivity index (χ1) is 10.2. The molecule has 1 heterocycles. The summed E-state index contributed by atoms with van der Waals surface area (Å²) in [5.74, 6) is 0.642. The van der Waals surface area contributed by atoms with E-state index in [2.05, 4.69) is 30.2 Å². The van der Waals surface area contributed by atoms with Crippen LogP contribution in [0.4, 0.5) is 5.82 Å². The highest BCUT2D eigenvalue weighted by Gasteiger charge is 2.40. The van der Waals surface area contributed by atoms with Crippen LogP contribution in [0, 0.1) is 0 Å². The fourth-order valence-electron chi connectivity index (χ4n) is 3.57. The van der Waals surface area contributed by atoms with Crippen molar-refractivity contribution < 1.29 is 4.74 Å². The molecule has 0 aromatic carbocycles. The largest absolute Gasteiger partial charge is 0.383 e. The summed E-state index contributed by atoms with van der Waals surface area (Å²) < 4.78 is 6.27. The zero-order valence-electron chi connectivity index (χ0n) is 13.4. The van der Waals surface area contributed by atoms with E-state index in [0.717, 1.165) is 38.0 Å². The fourth-order valence-corrected chi connectivity index (χ4v) is 3.57. The summed E-state index contributed by atoms with van der Waals surface area (Å²) in [5.41, 5.74) is 7.10. The maximum atomic E-state index is 6.27. The second-order valence-corrected chi connectivity index (χ2v) is 5.92. The van der Waals surface area contributed by atoms with Gasteiger partial charge in [0.15, 0.2) is 0 Å². The lowest BCUT2D eigenvalue weighted by atomic mass is 9.77. The summed E-state index contributed by atoms with van der Waals surface area (Å²) in [4.78, 5) is 4.22. The molecule has 0 amide bonds. The molecule has 1 aliphatic carbocycles. The second kappa shape index (κ2) is 7.76. The minimum atomic E-state index is -0.0503. The third kappa shape index (κ3) is 3.95. The SMILES string of the molecule is CCNC(Cc1cccnc1N)C1(OCC)CCCCC1. The monoisotopic (exact) mass is 291 g/mol. The van der Waals surface area contributed by atoms with Gasteiger partial charge in [0.1, 0.15) is 5.82 Å². The summed E-state index contributed by atoms with van der Waals surface area (Å²) in [6, 6.07) is 4.34. The van der Waals surface area contributed by atoms with Gasteiger partial charge in [0, 0.05) is 18.8 Å². The highest BCUT2D eigenvalue weighted by atomic mass is 16.5. The van der Waals surface area contributed by atoms with E-state index in [1.165, 1.54) is 19.3 Å². The number of anilines is 1. The fraction of sp³-hybridized carbons (Fsp3) is 0.706. The van der Waals surface area contributed by atoms with Crippen molar-refractivity contribution in [1.29, 1.82) is 0 Å². The summed E-state index contributed by atoms with van der Waals surface area (Å²) in [6.45, 7) is 5.96. The third-order valence-corrected chi connectivity index (χ3v) is 4.57. The van der Waals surface area contributed by atoms with Crippen LogP contribution in [-0.4, -0.2) is 29.8 Å². The molecule has 1 unspecified atom stereocenters. The third-order valence-electron chi connectivity index (χ3n) is 4.57. The molecule has 1 atom stereocenters. The Labute approximate surface area is 128 Å². The Morgan fingerprint density at radius 1 is 1.33 bits per heavy atom. The quantitative estimate of drug-likeness (QED) is 0.811. The Morgan fingerprint density at radius 3 is 2.71 bits per heavy atom.